The van der Waals surface area contributed by atoms with E-state index in [1.54, 1.807) is 0 Å². The number of aliphatic hydroxyl groups is 1. The largest absolute Gasteiger partial charge is 0.390 e. The van der Waals surface area contributed by atoms with Gasteiger partial charge in [-0.3, -0.25) is 10.2 Å². The number of thioether (sulfide) groups is 1. The third kappa shape index (κ3) is 4.85. The lowest BCUT2D eigenvalue weighted by Gasteiger charge is -2.34. The van der Waals surface area contributed by atoms with Gasteiger partial charge in [0.1, 0.15) is 6.61 Å². The van der Waals surface area contributed by atoms with Crippen molar-refractivity contribution in [2.24, 2.45) is 5.92 Å². The van der Waals surface area contributed by atoms with Crippen molar-refractivity contribution in [3.63, 3.8) is 0 Å². The van der Waals surface area contributed by atoms with Crippen LogP contribution in [0.1, 0.15) is 45.4 Å². The van der Waals surface area contributed by atoms with Gasteiger partial charge < -0.3 is 14.7 Å². The van der Waals surface area contributed by atoms with Crippen LogP contribution in [0.5, 0.6) is 0 Å². The summed E-state index contributed by atoms with van der Waals surface area (Å²) in [5, 5.41) is 10.7. The number of rotatable bonds is 6. The van der Waals surface area contributed by atoms with Crippen LogP contribution in [-0.4, -0.2) is 65.0 Å². The monoisotopic (exact) mass is 357 g/mol. The fourth-order valence-electron chi connectivity index (χ4n) is 3.89. The van der Waals surface area contributed by atoms with E-state index in [1.165, 1.54) is 18.6 Å². The zero-order chi connectivity index (χ0) is 16.9. The molecule has 2 saturated heterocycles. The Morgan fingerprint density at radius 2 is 2.21 bits per heavy atom. The molecular weight excluding hydrogens is 326 g/mol. The van der Waals surface area contributed by atoms with Gasteiger partial charge in [-0.25, -0.2) is 5.43 Å². The maximum Gasteiger partial charge on any atom is 0.249 e. The Morgan fingerprint density at radius 3 is 2.88 bits per heavy atom. The molecule has 3 rings (SSSR count). The van der Waals surface area contributed by atoms with Crippen molar-refractivity contribution in [2.45, 2.75) is 69.1 Å². The highest BCUT2D eigenvalue weighted by Crippen LogP contribution is 2.28. The molecule has 138 valence electrons. The smallest absolute Gasteiger partial charge is 0.249 e. The minimum absolute atomic E-state index is 0.0366. The van der Waals surface area contributed by atoms with E-state index in [4.69, 9.17) is 4.74 Å². The molecule has 6 nitrogen and oxygen atoms in total. The molecule has 0 radical (unpaired) electrons. The second-order valence-electron chi connectivity index (χ2n) is 7.39. The van der Waals surface area contributed by atoms with Crippen molar-refractivity contribution in [1.82, 2.24) is 15.8 Å². The number of carbonyl (C=O) groups is 1. The van der Waals surface area contributed by atoms with Crippen LogP contribution in [0, 0.1) is 5.92 Å². The minimum atomic E-state index is -0.438. The molecule has 3 fully saturated rings. The number of hydrazine groups is 1. The summed E-state index contributed by atoms with van der Waals surface area (Å²) in [5.74, 6) is 1.78. The number of nitrogens with one attached hydrogen (secondary N) is 2. The molecule has 1 amide bonds. The van der Waals surface area contributed by atoms with Gasteiger partial charge in [0, 0.05) is 18.3 Å². The average Bonchev–Trinajstić information content (AvgIpc) is 3.25. The molecule has 2 heterocycles. The number of nitrogens with zero attached hydrogens (tertiary/aromatic N) is 1. The number of carbonyl (C=O) groups excluding carboxylic acids is 1. The highest BCUT2D eigenvalue weighted by molar-refractivity contribution is 8.00. The predicted octanol–water partition coefficient (Wildman–Crippen LogP) is 1.10. The topological polar surface area (TPSA) is 73.8 Å². The molecule has 3 N–H and O–H groups in total. The van der Waals surface area contributed by atoms with Gasteiger partial charge >= 0.3 is 0 Å². The molecule has 7 heteroatoms. The van der Waals surface area contributed by atoms with E-state index >= 15 is 0 Å². The Kier molecular flexibility index (Phi) is 6.80. The van der Waals surface area contributed by atoms with Crippen LogP contribution in [0.2, 0.25) is 0 Å². The third-order valence-corrected chi connectivity index (χ3v) is 6.75. The van der Waals surface area contributed by atoms with Crippen LogP contribution >= 0.6 is 11.8 Å². The lowest BCUT2D eigenvalue weighted by Crippen LogP contribution is -2.51. The summed E-state index contributed by atoms with van der Waals surface area (Å²) in [4.78, 5) is 14.7. The van der Waals surface area contributed by atoms with Crippen LogP contribution in [0.3, 0.4) is 0 Å². The van der Waals surface area contributed by atoms with Gasteiger partial charge in [0.15, 0.2) is 0 Å². The molecule has 0 aromatic heterocycles. The Labute approximate surface area is 149 Å². The molecule has 5 unspecified atom stereocenters. The van der Waals surface area contributed by atoms with E-state index in [9.17, 15) is 9.90 Å². The van der Waals surface area contributed by atoms with Crippen LogP contribution in [0.15, 0.2) is 0 Å². The Hall–Kier alpha value is -0.340. The van der Waals surface area contributed by atoms with E-state index < -0.39 is 6.10 Å². The Balaban J connectivity index is 1.52. The maximum atomic E-state index is 12.8. The van der Waals surface area contributed by atoms with Gasteiger partial charge in [-0.15, -0.1) is 0 Å². The second-order valence-corrected chi connectivity index (χ2v) is 8.80. The summed E-state index contributed by atoms with van der Waals surface area (Å²) in [6, 6.07) is 0. The van der Waals surface area contributed by atoms with Crippen molar-refractivity contribution >= 4 is 17.7 Å². The molecule has 1 aliphatic carbocycles. The molecule has 0 aromatic carbocycles. The Bertz CT molecular complexity index is 414. The SMILES string of the molecule is CC1CCC(OCC(=O)N(CC2CCCS2)C2CCNN2)C(O)C1. The normalized spacial score (nSPS) is 36.8. The zero-order valence-corrected chi connectivity index (χ0v) is 15.4. The number of amides is 1. The maximum absolute atomic E-state index is 12.8. The van der Waals surface area contributed by atoms with Gasteiger partial charge in [-0.05, 0) is 50.2 Å². The summed E-state index contributed by atoms with van der Waals surface area (Å²) in [5.41, 5.74) is 6.32. The van der Waals surface area contributed by atoms with E-state index in [1.807, 2.05) is 16.7 Å². The number of ether oxygens (including phenoxy) is 1. The molecule has 5 atom stereocenters. The van der Waals surface area contributed by atoms with Gasteiger partial charge in [0.25, 0.3) is 0 Å². The molecular formula is C17H31N3O3S. The summed E-state index contributed by atoms with van der Waals surface area (Å²) >= 11 is 1.97. The van der Waals surface area contributed by atoms with Crippen LogP contribution in [-0.2, 0) is 9.53 Å². The number of hydrogen-bond donors (Lipinski definition) is 3. The van der Waals surface area contributed by atoms with Crippen LogP contribution < -0.4 is 10.9 Å². The van der Waals surface area contributed by atoms with E-state index in [0.29, 0.717) is 11.2 Å². The number of hydrogen-bond acceptors (Lipinski definition) is 6. The lowest BCUT2D eigenvalue weighted by molar-refractivity contribution is -0.145. The summed E-state index contributed by atoms with van der Waals surface area (Å²) in [6.07, 6.45) is 5.46. The van der Waals surface area contributed by atoms with Crippen molar-refractivity contribution in [2.75, 3.05) is 25.4 Å². The van der Waals surface area contributed by atoms with Gasteiger partial charge in [-0.2, -0.15) is 11.8 Å². The molecule has 0 bridgehead atoms. The summed E-state index contributed by atoms with van der Waals surface area (Å²) in [7, 11) is 0. The van der Waals surface area contributed by atoms with Crippen LogP contribution in [0.25, 0.3) is 0 Å². The van der Waals surface area contributed by atoms with Gasteiger partial charge in [0.05, 0.1) is 18.4 Å². The predicted molar refractivity (Wildman–Crippen MR) is 95.5 cm³/mol. The zero-order valence-electron chi connectivity index (χ0n) is 14.6. The first kappa shape index (κ1) is 18.5. The average molecular weight is 358 g/mol. The highest BCUT2D eigenvalue weighted by Gasteiger charge is 2.32. The fourth-order valence-corrected chi connectivity index (χ4v) is 5.16. The van der Waals surface area contributed by atoms with E-state index in [-0.39, 0.29) is 24.8 Å². The van der Waals surface area contributed by atoms with Crippen LogP contribution in [0.4, 0.5) is 0 Å². The number of aliphatic hydroxyl groups excluding tert-OH is 1. The molecule has 3 aliphatic rings. The highest BCUT2D eigenvalue weighted by atomic mass is 32.2. The molecule has 1 saturated carbocycles. The standard InChI is InChI=1S/C17H31N3O3S/c1-12-4-5-15(14(21)9-12)23-11-17(22)20(16-6-7-18-19-16)10-13-3-2-8-24-13/h12-16,18-19,21H,2-11H2,1H3. The molecule has 24 heavy (non-hydrogen) atoms. The first-order valence-corrected chi connectivity index (χ1v) is 10.4. The summed E-state index contributed by atoms with van der Waals surface area (Å²) < 4.78 is 5.81. The molecule has 0 spiro atoms. The lowest BCUT2D eigenvalue weighted by atomic mass is 9.86. The van der Waals surface area contributed by atoms with Crippen molar-refractivity contribution in [3.8, 4) is 0 Å². The summed E-state index contributed by atoms with van der Waals surface area (Å²) in [6.45, 7) is 3.90. The third-order valence-electron chi connectivity index (χ3n) is 5.37. The van der Waals surface area contributed by atoms with Crippen molar-refractivity contribution < 1.29 is 14.6 Å². The fraction of sp³-hybridized carbons (Fsp3) is 0.941. The van der Waals surface area contributed by atoms with Gasteiger partial charge in [0.2, 0.25) is 5.91 Å². The Morgan fingerprint density at radius 1 is 1.33 bits per heavy atom. The van der Waals surface area contributed by atoms with Crippen molar-refractivity contribution in [1.29, 1.82) is 0 Å². The first-order chi connectivity index (χ1) is 11.6. The van der Waals surface area contributed by atoms with Crippen molar-refractivity contribution in [3.05, 3.63) is 0 Å². The van der Waals surface area contributed by atoms with Gasteiger partial charge in [-0.1, -0.05) is 6.92 Å². The quantitative estimate of drug-likeness (QED) is 0.661. The molecule has 2 aliphatic heterocycles. The molecule has 0 aromatic rings. The first-order valence-electron chi connectivity index (χ1n) is 9.32. The minimum Gasteiger partial charge on any atom is -0.390 e. The second kappa shape index (κ2) is 8.85. The van der Waals surface area contributed by atoms with E-state index in [0.717, 1.165) is 38.8 Å². The van der Waals surface area contributed by atoms with E-state index in [2.05, 4.69) is 17.8 Å².